The fourth-order valence-electron chi connectivity index (χ4n) is 3.14. The van der Waals surface area contributed by atoms with Gasteiger partial charge in [0, 0.05) is 36.3 Å². The lowest BCUT2D eigenvalue weighted by molar-refractivity contribution is 0.100. The van der Waals surface area contributed by atoms with Crippen LogP contribution in [-0.4, -0.2) is 33.6 Å². The standard InChI is InChI=1S/C22H21N5O3S/c1-29-16-10-15(11-17(12-16)30-13-14-6-4-3-5-7-14)25-20-18(19(23)28)21-24-8-9-27(21)22(26-20)31-2/h3-12,25H,13H2,1-2H3,(H2,23,28). The summed E-state index contributed by atoms with van der Waals surface area (Å²) in [6.45, 7) is 0.412. The van der Waals surface area contributed by atoms with E-state index in [0.29, 0.717) is 40.4 Å². The van der Waals surface area contributed by atoms with Crippen molar-refractivity contribution in [2.24, 2.45) is 5.73 Å². The van der Waals surface area contributed by atoms with Crippen molar-refractivity contribution in [3.63, 3.8) is 0 Å². The van der Waals surface area contributed by atoms with Gasteiger partial charge in [-0.25, -0.2) is 9.97 Å². The molecule has 0 aliphatic rings. The number of thioether (sulfide) groups is 1. The van der Waals surface area contributed by atoms with Crippen molar-refractivity contribution in [2.45, 2.75) is 11.8 Å². The van der Waals surface area contributed by atoms with Crippen LogP contribution in [0.15, 0.2) is 66.1 Å². The van der Waals surface area contributed by atoms with E-state index in [-0.39, 0.29) is 5.56 Å². The topological polar surface area (TPSA) is 104 Å². The number of carbonyl (C=O) groups excluding carboxylic acids is 1. The number of rotatable bonds is 8. The molecule has 0 atom stereocenters. The van der Waals surface area contributed by atoms with E-state index in [0.717, 1.165) is 5.56 Å². The highest BCUT2D eigenvalue weighted by Gasteiger charge is 2.20. The van der Waals surface area contributed by atoms with Crippen LogP contribution < -0.4 is 20.5 Å². The predicted octanol–water partition coefficient (Wildman–Crippen LogP) is 3.88. The average Bonchev–Trinajstić information content (AvgIpc) is 3.27. The van der Waals surface area contributed by atoms with Gasteiger partial charge in [0.15, 0.2) is 10.8 Å². The molecule has 0 aliphatic carbocycles. The minimum absolute atomic E-state index is 0.206. The Bertz CT molecular complexity index is 1230. The third-order valence-corrected chi connectivity index (χ3v) is 5.22. The van der Waals surface area contributed by atoms with Crippen molar-refractivity contribution in [1.29, 1.82) is 0 Å². The SMILES string of the molecule is COc1cc(Nc2nc(SC)n3ccnc3c2C(N)=O)cc(OCc2ccccc2)c1. The van der Waals surface area contributed by atoms with E-state index in [1.807, 2.05) is 42.7 Å². The van der Waals surface area contributed by atoms with Crippen LogP contribution in [0.3, 0.4) is 0 Å². The number of fused-ring (bicyclic) bond motifs is 1. The molecule has 0 aliphatic heterocycles. The molecule has 0 spiro atoms. The Hall–Kier alpha value is -3.72. The molecule has 0 bridgehead atoms. The molecule has 9 heteroatoms. The molecule has 0 unspecified atom stereocenters. The zero-order valence-electron chi connectivity index (χ0n) is 17.0. The van der Waals surface area contributed by atoms with E-state index < -0.39 is 5.91 Å². The fourth-order valence-corrected chi connectivity index (χ4v) is 3.66. The molecule has 4 rings (SSSR count). The molecule has 2 aromatic heterocycles. The molecule has 0 saturated carbocycles. The van der Waals surface area contributed by atoms with Crippen molar-refractivity contribution in [3.05, 3.63) is 72.1 Å². The highest BCUT2D eigenvalue weighted by molar-refractivity contribution is 7.98. The molecule has 8 nitrogen and oxygen atoms in total. The number of amides is 1. The molecule has 2 heterocycles. The van der Waals surface area contributed by atoms with Gasteiger partial charge in [0.05, 0.1) is 7.11 Å². The Morgan fingerprint density at radius 3 is 2.68 bits per heavy atom. The summed E-state index contributed by atoms with van der Waals surface area (Å²) >= 11 is 1.43. The molecule has 1 amide bonds. The maximum Gasteiger partial charge on any atom is 0.256 e. The monoisotopic (exact) mass is 435 g/mol. The first-order chi connectivity index (χ1) is 15.1. The lowest BCUT2D eigenvalue weighted by atomic mass is 10.2. The second-order valence-corrected chi connectivity index (χ2v) is 7.38. The zero-order valence-corrected chi connectivity index (χ0v) is 17.8. The summed E-state index contributed by atoms with van der Waals surface area (Å²) < 4.78 is 13.1. The van der Waals surface area contributed by atoms with Gasteiger partial charge in [0.1, 0.15) is 29.5 Å². The van der Waals surface area contributed by atoms with E-state index in [1.165, 1.54) is 11.8 Å². The highest BCUT2D eigenvalue weighted by Crippen LogP contribution is 2.31. The summed E-state index contributed by atoms with van der Waals surface area (Å²) in [6.07, 6.45) is 5.25. The summed E-state index contributed by atoms with van der Waals surface area (Å²) in [5.74, 6) is 0.902. The number of carbonyl (C=O) groups is 1. The number of methoxy groups -OCH3 is 1. The number of ether oxygens (including phenoxy) is 2. The Kier molecular flexibility index (Phi) is 5.94. The van der Waals surface area contributed by atoms with Gasteiger partial charge in [-0.15, -0.1) is 0 Å². The smallest absolute Gasteiger partial charge is 0.256 e. The summed E-state index contributed by atoms with van der Waals surface area (Å²) in [6, 6.07) is 15.3. The largest absolute Gasteiger partial charge is 0.497 e. The molecule has 0 saturated heterocycles. The number of primary amides is 1. The first-order valence-corrected chi connectivity index (χ1v) is 10.6. The zero-order chi connectivity index (χ0) is 21.8. The van der Waals surface area contributed by atoms with Crippen LogP contribution in [0.1, 0.15) is 15.9 Å². The Balaban J connectivity index is 1.69. The number of nitrogens with one attached hydrogen (secondary N) is 1. The lowest BCUT2D eigenvalue weighted by Gasteiger charge is -2.15. The third-order valence-electron chi connectivity index (χ3n) is 4.57. The van der Waals surface area contributed by atoms with E-state index in [9.17, 15) is 4.79 Å². The molecular weight excluding hydrogens is 414 g/mol. The second kappa shape index (κ2) is 8.97. The summed E-state index contributed by atoms with van der Waals surface area (Å²) in [5, 5.41) is 3.86. The predicted molar refractivity (Wildman–Crippen MR) is 120 cm³/mol. The third kappa shape index (κ3) is 4.41. The Labute approximate surface area is 183 Å². The summed E-state index contributed by atoms with van der Waals surface area (Å²) in [7, 11) is 1.58. The number of nitrogens with zero attached hydrogens (tertiary/aromatic N) is 3. The molecular formula is C22H21N5O3S. The number of anilines is 2. The molecule has 0 fully saturated rings. The summed E-state index contributed by atoms with van der Waals surface area (Å²) in [5.41, 5.74) is 7.99. The van der Waals surface area contributed by atoms with Crippen LogP contribution in [0.4, 0.5) is 11.5 Å². The minimum Gasteiger partial charge on any atom is -0.497 e. The summed E-state index contributed by atoms with van der Waals surface area (Å²) in [4.78, 5) is 21.1. The van der Waals surface area contributed by atoms with Crippen LogP contribution in [0.2, 0.25) is 0 Å². The van der Waals surface area contributed by atoms with Crippen LogP contribution in [0.5, 0.6) is 11.5 Å². The van der Waals surface area contributed by atoms with Crippen molar-refractivity contribution < 1.29 is 14.3 Å². The normalized spacial score (nSPS) is 10.8. The van der Waals surface area contributed by atoms with Gasteiger partial charge < -0.3 is 20.5 Å². The number of benzene rings is 2. The fraction of sp³-hybridized carbons (Fsp3) is 0.136. The molecule has 3 N–H and O–H groups in total. The maximum atomic E-state index is 12.2. The number of hydrogen-bond donors (Lipinski definition) is 2. The van der Waals surface area contributed by atoms with Gasteiger partial charge in [0.2, 0.25) is 0 Å². The average molecular weight is 436 g/mol. The van der Waals surface area contributed by atoms with Gasteiger partial charge in [-0.3, -0.25) is 9.20 Å². The first kappa shape index (κ1) is 20.5. The molecule has 2 aromatic carbocycles. The maximum absolute atomic E-state index is 12.2. The van der Waals surface area contributed by atoms with E-state index in [1.54, 1.807) is 36.0 Å². The van der Waals surface area contributed by atoms with Crippen molar-refractivity contribution >= 4 is 34.8 Å². The van der Waals surface area contributed by atoms with Gasteiger partial charge in [-0.05, 0) is 11.8 Å². The van der Waals surface area contributed by atoms with E-state index >= 15 is 0 Å². The van der Waals surface area contributed by atoms with Crippen LogP contribution in [0.25, 0.3) is 5.65 Å². The van der Waals surface area contributed by atoms with Crippen molar-refractivity contribution in [1.82, 2.24) is 14.4 Å². The van der Waals surface area contributed by atoms with Crippen LogP contribution >= 0.6 is 11.8 Å². The van der Waals surface area contributed by atoms with Crippen LogP contribution in [-0.2, 0) is 6.61 Å². The second-order valence-electron chi connectivity index (χ2n) is 6.60. The lowest BCUT2D eigenvalue weighted by Crippen LogP contribution is -2.17. The van der Waals surface area contributed by atoms with E-state index in [4.69, 9.17) is 15.2 Å². The van der Waals surface area contributed by atoms with Gasteiger partial charge >= 0.3 is 0 Å². The minimum atomic E-state index is -0.623. The van der Waals surface area contributed by atoms with Gasteiger partial charge in [-0.1, -0.05) is 42.1 Å². The molecule has 158 valence electrons. The first-order valence-electron chi connectivity index (χ1n) is 9.42. The number of nitrogens with two attached hydrogens (primary N) is 1. The highest BCUT2D eigenvalue weighted by atomic mass is 32.2. The van der Waals surface area contributed by atoms with Crippen molar-refractivity contribution in [3.8, 4) is 11.5 Å². The van der Waals surface area contributed by atoms with Crippen LogP contribution in [0, 0.1) is 0 Å². The Morgan fingerprint density at radius 1 is 1.19 bits per heavy atom. The molecule has 31 heavy (non-hydrogen) atoms. The van der Waals surface area contributed by atoms with Gasteiger partial charge in [-0.2, -0.15) is 0 Å². The molecule has 4 aromatic rings. The number of hydrogen-bond acceptors (Lipinski definition) is 7. The number of imidazole rings is 1. The molecule has 0 radical (unpaired) electrons. The quantitative estimate of drug-likeness (QED) is 0.320. The Morgan fingerprint density at radius 2 is 1.97 bits per heavy atom. The number of aromatic nitrogens is 3. The van der Waals surface area contributed by atoms with E-state index in [2.05, 4.69) is 15.3 Å². The van der Waals surface area contributed by atoms with Gasteiger partial charge in [0.25, 0.3) is 5.91 Å². The van der Waals surface area contributed by atoms with Crippen molar-refractivity contribution in [2.75, 3.05) is 18.7 Å².